The van der Waals surface area contributed by atoms with Crippen LogP contribution in [0.2, 0.25) is 0 Å². The lowest BCUT2D eigenvalue weighted by atomic mass is 10.4. The van der Waals surface area contributed by atoms with Crippen molar-refractivity contribution in [1.29, 1.82) is 0 Å². The summed E-state index contributed by atoms with van der Waals surface area (Å²) in [5, 5.41) is 4.71. The molecule has 4 nitrogen and oxygen atoms in total. The molecule has 0 fully saturated rings. The molecule has 0 spiro atoms. The summed E-state index contributed by atoms with van der Waals surface area (Å²) in [7, 11) is -1.50. The van der Waals surface area contributed by atoms with Crippen LogP contribution >= 0.6 is 23.7 Å². The standard InChI is InChI=1S/C8H14N2O2S2.ClH/c1-7(9-2)6-10-14(11,12)8-4-3-5-13-8;/h3-5,7,9-10H,6H2,1-2H3;1H. The van der Waals surface area contributed by atoms with Gasteiger partial charge in [0.2, 0.25) is 10.0 Å². The largest absolute Gasteiger partial charge is 0.316 e. The number of rotatable bonds is 5. The maximum absolute atomic E-state index is 11.6. The van der Waals surface area contributed by atoms with Crippen molar-refractivity contribution >= 4 is 33.8 Å². The molecule has 0 saturated carbocycles. The van der Waals surface area contributed by atoms with Crippen molar-refractivity contribution in [2.75, 3.05) is 13.6 Å². The second-order valence-corrected chi connectivity index (χ2v) is 5.92. The van der Waals surface area contributed by atoms with E-state index in [9.17, 15) is 8.42 Å². The first-order valence-electron chi connectivity index (χ1n) is 4.26. The Hall–Kier alpha value is -0.140. The van der Waals surface area contributed by atoms with Gasteiger partial charge in [-0.2, -0.15) is 0 Å². The number of sulfonamides is 1. The fraction of sp³-hybridized carbons (Fsp3) is 0.500. The first-order valence-corrected chi connectivity index (χ1v) is 6.63. The van der Waals surface area contributed by atoms with Crippen molar-refractivity contribution in [3.05, 3.63) is 17.5 Å². The summed E-state index contributed by atoms with van der Waals surface area (Å²) in [5.74, 6) is 0. The second kappa shape index (κ2) is 6.44. The Morgan fingerprint density at radius 1 is 1.53 bits per heavy atom. The molecule has 0 aliphatic heterocycles. The van der Waals surface area contributed by atoms with Crippen molar-refractivity contribution < 1.29 is 8.42 Å². The number of thiophene rings is 1. The van der Waals surface area contributed by atoms with Gasteiger partial charge in [-0.05, 0) is 25.4 Å². The van der Waals surface area contributed by atoms with Crippen LogP contribution in [0.3, 0.4) is 0 Å². The van der Waals surface area contributed by atoms with Crippen molar-refractivity contribution in [1.82, 2.24) is 10.0 Å². The SMILES string of the molecule is CNC(C)CNS(=O)(=O)c1cccs1.Cl. The minimum absolute atomic E-state index is 0. The lowest BCUT2D eigenvalue weighted by Crippen LogP contribution is -2.36. The van der Waals surface area contributed by atoms with E-state index in [1.54, 1.807) is 24.6 Å². The monoisotopic (exact) mass is 270 g/mol. The van der Waals surface area contributed by atoms with Crippen LogP contribution in [0.15, 0.2) is 21.7 Å². The van der Waals surface area contributed by atoms with Crippen LogP contribution in [0.5, 0.6) is 0 Å². The van der Waals surface area contributed by atoms with Crippen molar-refractivity contribution in [3.8, 4) is 0 Å². The van der Waals surface area contributed by atoms with Crippen molar-refractivity contribution in [2.45, 2.75) is 17.2 Å². The molecule has 0 aliphatic rings. The molecule has 1 unspecified atom stereocenters. The zero-order valence-electron chi connectivity index (χ0n) is 8.56. The zero-order valence-corrected chi connectivity index (χ0v) is 11.0. The number of nitrogens with one attached hydrogen (secondary N) is 2. The summed E-state index contributed by atoms with van der Waals surface area (Å²) in [4.78, 5) is 0. The Kier molecular flexibility index (Phi) is 6.38. The fourth-order valence-corrected chi connectivity index (χ4v) is 2.99. The number of halogens is 1. The van der Waals surface area contributed by atoms with Gasteiger partial charge in [0.15, 0.2) is 0 Å². The summed E-state index contributed by atoms with van der Waals surface area (Å²) in [6, 6.07) is 3.45. The highest BCUT2D eigenvalue weighted by molar-refractivity contribution is 7.91. The molecule has 0 bridgehead atoms. The van der Waals surface area contributed by atoms with Crippen LogP contribution < -0.4 is 10.0 Å². The van der Waals surface area contributed by atoms with E-state index in [1.165, 1.54) is 11.3 Å². The lowest BCUT2D eigenvalue weighted by molar-refractivity contribution is 0.556. The second-order valence-electron chi connectivity index (χ2n) is 2.97. The average Bonchev–Trinajstić information content (AvgIpc) is 2.67. The third kappa shape index (κ3) is 4.48. The van der Waals surface area contributed by atoms with Crippen LogP contribution in [0.25, 0.3) is 0 Å². The molecule has 1 aromatic heterocycles. The lowest BCUT2D eigenvalue weighted by Gasteiger charge is -2.10. The van der Waals surface area contributed by atoms with Gasteiger partial charge in [0, 0.05) is 12.6 Å². The predicted octanol–water partition coefficient (Wildman–Crippen LogP) is 1.06. The Labute approximate surface area is 101 Å². The Balaban J connectivity index is 0.00000196. The smallest absolute Gasteiger partial charge is 0.250 e. The van der Waals surface area contributed by atoms with E-state index in [-0.39, 0.29) is 18.4 Å². The van der Waals surface area contributed by atoms with Gasteiger partial charge in [0.05, 0.1) is 0 Å². The van der Waals surface area contributed by atoms with Gasteiger partial charge in [-0.3, -0.25) is 0 Å². The topological polar surface area (TPSA) is 58.2 Å². The zero-order chi connectivity index (χ0) is 10.6. The van der Waals surface area contributed by atoms with Gasteiger partial charge in [-0.25, -0.2) is 13.1 Å². The van der Waals surface area contributed by atoms with E-state index in [1.807, 2.05) is 6.92 Å². The van der Waals surface area contributed by atoms with Crippen molar-refractivity contribution in [3.63, 3.8) is 0 Å². The Morgan fingerprint density at radius 2 is 2.20 bits per heavy atom. The van der Waals surface area contributed by atoms with E-state index in [2.05, 4.69) is 10.0 Å². The molecule has 1 atom stereocenters. The van der Waals surface area contributed by atoms with Gasteiger partial charge < -0.3 is 5.32 Å². The van der Waals surface area contributed by atoms with Gasteiger partial charge in [-0.15, -0.1) is 23.7 Å². The number of hydrogen-bond acceptors (Lipinski definition) is 4. The summed E-state index contributed by atoms with van der Waals surface area (Å²) < 4.78 is 26.1. The van der Waals surface area contributed by atoms with Crippen LogP contribution in [0.4, 0.5) is 0 Å². The number of likely N-dealkylation sites (N-methyl/N-ethyl adjacent to an activating group) is 1. The Bertz CT molecular complexity index is 364. The van der Waals surface area contributed by atoms with E-state index in [0.29, 0.717) is 10.8 Å². The first kappa shape index (κ1) is 14.9. The molecule has 88 valence electrons. The fourth-order valence-electron chi connectivity index (χ4n) is 0.824. The molecule has 0 aliphatic carbocycles. The molecule has 1 aromatic rings. The minimum atomic E-state index is -3.29. The van der Waals surface area contributed by atoms with Gasteiger partial charge in [-0.1, -0.05) is 6.07 Å². The van der Waals surface area contributed by atoms with Crippen LogP contribution in [-0.4, -0.2) is 28.1 Å². The summed E-state index contributed by atoms with van der Waals surface area (Å²) >= 11 is 1.22. The minimum Gasteiger partial charge on any atom is -0.316 e. The molecule has 0 aromatic carbocycles. The normalized spacial score (nSPS) is 13.2. The molecular formula is C8H15ClN2O2S2. The molecule has 2 N–H and O–H groups in total. The molecule has 1 rings (SSSR count). The summed E-state index contributed by atoms with van der Waals surface area (Å²) in [6.07, 6.45) is 0. The summed E-state index contributed by atoms with van der Waals surface area (Å²) in [5.41, 5.74) is 0. The predicted molar refractivity (Wildman–Crippen MR) is 65.3 cm³/mol. The van der Waals surface area contributed by atoms with Crippen LogP contribution in [-0.2, 0) is 10.0 Å². The maximum atomic E-state index is 11.6. The van der Waals surface area contributed by atoms with Crippen LogP contribution in [0.1, 0.15) is 6.92 Å². The van der Waals surface area contributed by atoms with E-state index >= 15 is 0 Å². The molecule has 7 heteroatoms. The van der Waals surface area contributed by atoms with Gasteiger partial charge in [0.25, 0.3) is 0 Å². The van der Waals surface area contributed by atoms with Crippen molar-refractivity contribution in [2.24, 2.45) is 0 Å². The molecule has 0 saturated heterocycles. The number of hydrogen-bond donors (Lipinski definition) is 2. The molecule has 0 radical (unpaired) electrons. The maximum Gasteiger partial charge on any atom is 0.250 e. The van der Waals surface area contributed by atoms with E-state index in [0.717, 1.165) is 0 Å². The first-order chi connectivity index (χ1) is 6.56. The van der Waals surface area contributed by atoms with Gasteiger partial charge >= 0.3 is 0 Å². The highest BCUT2D eigenvalue weighted by atomic mass is 35.5. The molecule has 0 amide bonds. The highest BCUT2D eigenvalue weighted by Gasteiger charge is 2.14. The third-order valence-electron chi connectivity index (χ3n) is 1.83. The molecule has 1 heterocycles. The van der Waals surface area contributed by atoms with Gasteiger partial charge in [0.1, 0.15) is 4.21 Å². The Morgan fingerprint density at radius 3 is 2.67 bits per heavy atom. The third-order valence-corrected chi connectivity index (χ3v) is 4.65. The quantitative estimate of drug-likeness (QED) is 0.841. The molecule has 15 heavy (non-hydrogen) atoms. The molecular weight excluding hydrogens is 256 g/mol. The van der Waals surface area contributed by atoms with E-state index < -0.39 is 10.0 Å². The van der Waals surface area contributed by atoms with E-state index in [4.69, 9.17) is 0 Å². The van der Waals surface area contributed by atoms with Crippen LogP contribution in [0, 0.1) is 0 Å². The summed E-state index contributed by atoms with van der Waals surface area (Å²) in [6.45, 7) is 2.31. The average molecular weight is 271 g/mol. The highest BCUT2D eigenvalue weighted by Crippen LogP contribution is 2.14.